The zero-order valence-electron chi connectivity index (χ0n) is 16.6. The summed E-state index contributed by atoms with van der Waals surface area (Å²) < 4.78 is 13.1. The van der Waals surface area contributed by atoms with Gasteiger partial charge in [0.1, 0.15) is 5.69 Å². The van der Waals surface area contributed by atoms with Crippen molar-refractivity contribution in [2.45, 2.75) is 46.6 Å². The maximum Gasteiger partial charge on any atom is 0.333 e. The number of nitrogens with one attached hydrogen (secondary N) is 1. The Morgan fingerprint density at radius 2 is 1.85 bits per heavy atom. The minimum atomic E-state index is -0.408. The van der Waals surface area contributed by atoms with E-state index in [9.17, 15) is 10.1 Å². The predicted octanol–water partition coefficient (Wildman–Crippen LogP) is 4.39. The Hall–Kier alpha value is -2.77. The second-order valence-corrected chi connectivity index (χ2v) is 6.43. The molecule has 27 heavy (non-hydrogen) atoms. The molecule has 0 saturated carbocycles. The van der Waals surface area contributed by atoms with Crippen molar-refractivity contribution in [3.63, 3.8) is 0 Å². The fourth-order valence-corrected chi connectivity index (χ4v) is 2.77. The number of aryl methyl sites for hydroxylation is 2. The van der Waals surface area contributed by atoms with Crippen molar-refractivity contribution in [3.05, 3.63) is 39.6 Å². The standard InChI is InChI=1S/C19H28N4O4/c1-6-10-26-16-9-8-15(12-17(16)27-11-7-2)13(3)20-19-18(23(24)25)14(4)21-22(19)5/h8-9,12-13,20H,6-7,10-11H2,1-5H3. The lowest BCUT2D eigenvalue weighted by atomic mass is 10.1. The molecule has 2 rings (SSSR count). The third-order valence-corrected chi connectivity index (χ3v) is 4.12. The lowest BCUT2D eigenvalue weighted by Crippen LogP contribution is -2.12. The van der Waals surface area contributed by atoms with E-state index in [1.54, 1.807) is 14.0 Å². The second kappa shape index (κ2) is 9.25. The van der Waals surface area contributed by atoms with Crippen LogP contribution >= 0.6 is 0 Å². The number of rotatable bonds is 10. The smallest absolute Gasteiger partial charge is 0.333 e. The maximum absolute atomic E-state index is 11.4. The Labute approximate surface area is 159 Å². The van der Waals surface area contributed by atoms with E-state index in [4.69, 9.17) is 9.47 Å². The van der Waals surface area contributed by atoms with Gasteiger partial charge in [-0.05, 0) is 44.4 Å². The Morgan fingerprint density at radius 3 is 2.44 bits per heavy atom. The molecule has 0 aliphatic rings. The second-order valence-electron chi connectivity index (χ2n) is 6.43. The van der Waals surface area contributed by atoms with Crippen LogP contribution < -0.4 is 14.8 Å². The normalized spacial score (nSPS) is 11.9. The summed E-state index contributed by atoms with van der Waals surface area (Å²) in [5, 5.41) is 18.7. The van der Waals surface area contributed by atoms with Crippen LogP contribution in [-0.2, 0) is 7.05 Å². The molecule has 0 saturated heterocycles. The van der Waals surface area contributed by atoms with Crippen LogP contribution in [0.3, 0.4) is 0 Å². The Morgan fingerprint density at radius 1 is 1.22 bits per heavy atom. The van der Waals surface area contributed by atoms with Crippen LogP contribution in [0.1, 0.15) is 50.9 Å². The fourth-order valence-electron chi connectivity index (χ4n) is 2.77. The topological polar surface area (TPSA) is 91.5 Å². The number of nitro groups is 1. The Balaban J connectivity index is 2.28. The molecule has 1 unspecified atom stereocenters. The first-order valence-corrected chi connectivity index (χ1v) is 9.23. The number of nitrogens with zero attached hydrogens (tertiary/aromatic N) is 3. The van der Waals surface area contributed by atoms with Gasteiger partial charge in [-0.25, -0.2) is 4.68 Å². The third kappa shape index (κ3) is 4.90. The number of aromatic nitrogens is 2. The van der Waals surface area contributed by atoms with Gasteiger partial charge in [-0.2, -0.15) is 5.10 Å². The fraction of sp³-hybridized carbons (Fsp3) is 0.526. The van der Waals surface area contributed by atoms with Gasteiger partial charge in [0.05, 0.1) is 24.2 Å². The molecule has 1 aromatic heterocycles. The summed E-state index contributed by atoms with van der Waals surface area (Å²) in [6.45, 7) is 8.89. The zero-order chi connectivity index (χ0) is 20.0. The van der Waals surface area contributed by atoms with E-state index < -0.39 is 4.92 Å². The largest absolute Gasteiger partial charge is 0.490 e. The summed E-state index contributed by atoms with van der Waals surface area (Å²) in [7, 11) is 1.69. The van der Waals surface area contributed by atoms with E-state index in [1.165, 1.54) is 4.68 Å². The molecule has 1 aromatic carbocycles. The number of ether oxygens (including phenoxy) is 2. The molecular weight excluding hydrogens is 348 g/mol. The van der Waals surface area contributed by atoms with Gasteiger partial charge >= 0.3 is 5.69 Å². The molecule has 0 fully saturated rings. The molecule has 0 amide bonds. The number of hydrogen-bond acceptors (Lipinski definition) is 6. The van der Waals surface area contributed by atoms with Gasteiger partial charge in [0, 0.05) is 7.05 Å². The molecule has 1 N–H and O–H groups in total. The van der Waals surface area contributed by atoms with Crippen LogP contribution in [-0.4, -0.2) is 27.9 Å². The van der Waals surface area contributed by atoms with E-state index in [0.717, 1.165) is 18.4 Å². The highest BCUT2D eigenvalue weighted by Gasteiger charge is 2.25. The summed E-state index contributed by atoms with van der Waals surface area (Å²) in [4.78, 5) is 11.0. The van der Waals surface area contributed by atoms with Gasteiger partial charge in [-0.3, -0.25) is 10.1 Å². The molecule has 0 radical (unpaired) electrons. The van der Waals surface area contributed by atoms with Crippen molar-refractivity contribution < 1.29 is 14.4 Å². The average Bonchev–Trinajstić information content (AvgIpc) is 2.91. The average molecular weight is 376 g/mol. The van der Waals surface area contributed by atoms with Gasteiger partial charge in [-0.15, -0.1) is 0 Å². The van der Waals surface area contributed by atoms with Crippen molar-refractivity contribution in [3.8, 4) is 11.5 Å². The molecule has 1 atom stereocenters. The van der Waals surface area contributed by atoms with Crippen LogP contribution in [0.2, 0.25) is 0 Å². The zero-order valence-corrected chi connectivity index (χ0v) is 16.6. The van der Waals surface area contributed by atoms with Crippen molar-refractivity contribution in [2.75, 3.05) is 18.5 Å². The molecule has 8 nitrogen and oxygen atoms in total. The monoisotopic (exact) mass is 376 g/mol. The van der Waals surface area contributed by atoms with E-state index in [0.29, 0.717) is 36.2 Å². The highest BCUT2D eigenvalue weighted by molar-refractivity contribution is 5.60. The Bertz CT molecular complexity index is 788. The first kappa shape index (κ1) is 20.5. The molecule has 0 aliphatic carbocycles. The summed E-state index contributed by atoms with van der Waals surface area (Å²) in [6, 6.07) is 5.57. The SMILES string of the molecule is CCCOc1ccc(C(C)Nc2c([N+](=O)[O-])c(C)nn2C)cc1OCCC. The summed E-state index contributed by atoms with van der Waals surface area (Å²) >= 11 is 0. The summed E-state index contributed by atoms with van der Waals surface area (Å²) in [6.07, 6.45) is 1.81. The van der Waals surface area contributed by atoms with Crippen LogP contribution in [0.25, 0.3) is 0 Å². The predicted molar refractivity (Wildman–Crippen MR) is 105 cm³/mol. The first-order valence-electron chi connectivity index (χ1n) is 9.23. The minimum Gasteiger partial charge on any atom is -0.490 e. The van der Waals surface area contributed by atoms with E-state index in [-0.39, 0.29) is 11.7 Å². The van der Waals surface area contributed by atoms with E-state index in [2.05, 4.69) is 17.3 Å². The van der Waals surface area contributed by atoms with Gasteiger partial charge in [0.15, 0.2) is 11.5 Å². The molecule has 2 aromatic rings. The van der Waals surface area contributed by atoms with E-state index >= 15 is 0 Å². The highest BCUT2D eigenvalue weighted by Crippen LogP contribution is 2.34. The highest BCUT2D eigenvalue weighted by atomic mass is 16.6. The molecule has 0 aliphatic heterocycles. The lowest BCUT2D eigenvalue weighted by Gasteiger charge is -2.18. The molecule has 8 heteroatoms. The van der Waals surface area contributed by atoms with Crippen molar-refractivity contribution in [2.24, 2.45) is 7.05 Å². The van der Waals surface area contributed by atoms with Crippen LogP contribution in [0, 0.1) is 17.0 Å². The minimum absolute atomic E-state index is 0.00490. The third-order valence-electron chi connectivity index (χ3n) is 4.12. The molecule has 1 heterocycles. The lowest BCUT2D eigenvalue weighted by molar-refractivity contribution is -0.384. The maximum atomic E-state index is 11.4. The first-order chi connectivity index (χ1) is 12.9. The number of anilines is 1. The molecule has 0 bridgehead atoms. The summed E-state index contributed by atoms with van der Waals surface area (Å²) in [5.74, 6) is 1.78. The van der Waals surface area contributed by atoms with Crippen LogP contribution in [0.4, 0.5) is 11.5 Å². The number of hydrogen-bond donors (Lipinski definition) is 1. The molecular formula is C19H28N4O4. The molecule has 148 valence electrons. The van der Waals surface area contributed by atoms with Gasteiger partial charge in [0.2, 0.25) is 5.82 Å². The Kier molecular flexibility index (Phi) is 7.04. The summed E-state index contributed by atoms with van der Waals surface area (Å²) in [5.41, 5.74) is 1.32. The molecule has 0 spiro atoms. The quantitative estimate of drug-likeness (QED) is 0.488. The van der Waals surface area contributed by atoms with Crippen molar-refractivity contribution >= 4 is 11.5 Å². The van der Waals surface area contributed by atoms with Gasteiger partial charge < -0.3 is 14.8 Å². The van der Waals surface area contributed by atoms with E-state index in [1.807, 2.05) is 32.0 Å². The van der Waals surface area contributed by atoms with Gasteiger partial charge in [0.25, 0.3) is 0 Å². The number of benzene rings is 1. The van der Waals surface area contributed by atoms with Crippen molar-refractivity contribution in [1.29, 1.82) is 0 Å². The van der Waals surface area contributed by atoms with Gasteiger partial charge in [-0.1, -0.05) is 19.9 Å². The van der Waals surface area contributed by atoms with Crippen LogP contribution in [0.15, 0.2) is 18.2 Å². The van der Waals surface area contributed by atoms with Crippen LogP contribution in [0.5, 0.6) is 11.5 Å². The van der Waals surface area contributed by atoms with Crippen molar-refractivity contribution in [1.82, 2.24) is 9.78 Å².